The van der Waals surface area contributed by atoms with Gasteiger partial charge in [0.1, 0.15) is 5.75 Å². The first kappa shape index (κ1) is 13.0. The number of fused-ring (bicyclic) bond motifs is 1. The molecule has 0 saturated carbocycles. The summed E-state index contributed by atoms with van der Waals surface area (Å²) in [6.45, 7) is 1.71. The number of amides is 1. The molecule has 2 aliphatic heterocycles. The normalized spacial score (nSPS) is 18.5. The van der Waals surface area contributed by atoms with Gasteiger partial charge >= 0.3 is 5.97 Å². The number of hydrogen-bond acceptors (Lipinski definition) is 3. The number of benzene rings is 1. The minimum Gasteiger partial charge on any atom is -0.493 e. The van der Waals surface area contributed by atoms with E-state index in [9.17, 15) is 9.59 Å². The van der Waals surface area contributed by atoms with E-state index in [0.29, 0.717) is 38.1 Å². The van der Waals surface area contributed by atoms with Crippen LogP contribution in [0.5, 0.6) is 5.75 Å². The maximum absolute atomic E-state index is 12.4. The number of nitrogens with zero attached hydrogens (tertiary/aromatic N) is 1. The van der Waals surface area contributed by atoms with Crippen molar-refractivity contribution in [2.75, 3.05) is 19.7 Å². The number of carboxylic acid groups (broad SMARTS) is 1. The lowest BCUT2D eigenvalue weighted by molar-refractivity contribution is -0.143. The van der Waals surface area contributed by atoms with Gasteiger partial charge in [0.15, 0.2) is 0 Å². The second kappa shape index (κ2) is 5.15. The van der Waals surface area contributed by atoms with Crippen LogP contribution in [0.2, 0.25) is 0 Å². The highest BCUT2D eigenvalue weighted by molar-refractivity contribution is 5.94. The summed E-state index contributed by atoms with van der Waals surface area (Å²) in [5.41, 5.74) is 1.75. The molecule has 3 rings (SSSR count). The Bertz CT molecular complexity index is 547. The van der Waals surface area contributed by atoms with Gasteiger partial charge in [-0.05, 0) is 36.6 Å². The van der Waals surface area contributed by atoms with Crippen molar-refractivity contribution in [3.05, 3.63) is 29.3 Å². The molecule has 1 N–H and O–H groups in total. The van der Waals surface area contributed by atoms with Gasteiger partial charge in [-0.15, -0.1) is 0 Å². The Labute approximate surface area is 117 Å². The number of carbonyl (C=O) groups excluding carboxylic acids is 1. The quantitative estimate of drug-likeness (QED) is 0.889. The third-order valence-corrected chi connectivity index (χ3v) is 4.07. The van der Waals surface area contributed by atoms with Crippen LogP contribution in [-0.2, 0) is 11.2 Å². The Morgan fingerprint density at radius 3 is 2.70 bits per heavy atom. The van der Waals surface area contributed by atoms with Crippen molar-refractivity contribution in [2.24, 2.45) is 5.92 Å². The van der Waals surface area contributed by atoms with E-state index in [2.05, 4.69) is 0 Å². The lowest BCUT2D eigenvalue weighted by Crippen LogP contribution is -2.40. The van der Waals surface area contributed by atoms with Gasteiger partial charge in [0.25, 0.3) is 5.91 Å². The van der Waals surface area contributed by atoms with E-state index in [1.165, 1.54) is 0 Å². The number of carbonyl (C=O) groups is 2. The molecule has 106 valence electrons. The molecule has 0 unspecified atom stereocenters. The number of hydrogen-bond donors (Lipinski definition) is 1. The fourth-order valence-electron chi connectivity index (χ4n) is 2.83. The van der Waals surface area contributed by atoms with Gasteiger partial charge < -0.3 is 14.7 Å². The Morgan fingerprint density at radius 1 is 1.25 bits per heavy atom. The fourth-order valence-corrected chi connectivity index (χ4v) is 2.83. The average molecular weight is 275 g/mol. The number of likely N-dealkylation sites (tertiary alicyclic amines) is 1. The number of aliphatic carboxylic acids is 1. The van der Waals surface area contributed by atoms with Crippen LogP contribution in [0, 0.1) is 5.92 Å². The first-order chi connectivity index (χ1) is 9.65. The highest BCUT2D eigenvalue weighted by Crippen LogP contribution is 2.27. The molecule has 5 nitrogen and oxygen atoms in total. The second-order valence-corrected chi connectivity index (χ2v) is 5.33. The smallest absolute Gasteiger partial charge is 0.306 e. The predicted molar refractivity (Wildman–Crippen MR) is 71.9 cm³/mol. The molecule has 1 amide bonds. The first-order valence-electron chi connectivity index (χ1n) is 6.93. The molecule has 2 heterocycles. The third kappa shape index (κ3) is 2.35. The minimum atomic E-state index is -0.758. The predicted octanol–water partition coefficient (Wildman–Crippen LogP) is 1.56. The van der Waals surface area contributed by atoms with Crippen LogP contribution >= 0.6 is 0 Å². The molecule has 1 aromatic rings. The molecule has 0 aromatic heterocycles. The van der Waals surface area contributed by atoms with Crippen LogP contribution in [0.25, 0.3) is 0 Å². The van der Waals surface area contributed by atoms with E-state index < -0.39 is 5.97 Å². The fraction of sp³-hybridized carbons (Fsp3) is 0.467. The molecule has 1 fully saturated rings. The van der Waals surface area contributed by atoms with E-state index in [-0.39, 0.29) is 11.8 Å². The molecule has 1 saturated heterocycles. The van der Waals surface area contributed by atoms with Crippen LogP contribution in [0.3, 0.4) is 0 Å². The summed E-state index contributed by atoms with van der Waals surface area (Å²) in [6, 6.07) is 5.53. The molecule has 5 heteroatoms. The van der Waals surface area contributed by atoms with Gasteiger partial charge in [-0.3, -0.25) is 9.59 Å². The molecular weight excluding hydrogens is 258 g/mol. The van der Waals surface area contributed by atoms with Crippen molar-refractivity contribution in [2.45, 2.75) is 19.3 Å². The molecule has 0 radical (unpaired) electrons. The van der Waals surface area contributed by atoms with E-state index in [1.54, 1.807) is 11.0 Å². The van der Waals surface area contributed by atoms with Crippen LogP contribution in [0.1, 0.15) is 28.8 Å². The van der Waals surface area contributed by atoms with E-state index >= 15 is 0 Å². The number of ether oxygens (including phenoxy) is 1. The zero-order chi connectivity index (χ0) is 14.1. The summed E-state index contributed by atoms with van der Waals surface area (Å²) in [4.78, 5) is 25.1. The molecule has 20 heavy (non-hydrogen) atoms. The van der Waals surface area contributed by atoms with Crippen molar-refractivity contribution in [1.29, 1.82) is 0 Å². The topological polar surface area (TPSA) is 66.8 Å². The van der Waals surface area contributed by atoms with Crippen LogP contribution in [0.4, 0.5) is 0 Å². The summed E-state index contributed by atoms with van der Waals surface area (Å²) in [6.07, 6.45) is 1.92. The lowest BCUT2D eigenvalue weighted by atomic mass is 9.96. The largest absolute Gasteiger partial charge is 0.493 e. The van der Waals surface area contributed by atoms with Gasteiger partial charge in [0.05, 0.1) is 12.5 Å². The Kier molecular flexibility index (Phi) is 3.34. The van der Waals surface area contributed by atoms with Gasteiger partial charge in [-0.25, -0.2) is 0 Å². The number of rotatable bonds is 2. The maximum atomic E-state index is 12.4. The Hall–Kier alpha value is -2.04. The van der Waals surface area contributed by atoms with E-state index in [1.807, 2.05) is 12.1 Å². The lowest BCUT2D eigenvalue weighted by Gasteiger charge is -2.30. The van der Waals surface area contributed by atoms with Gasteiger partial charge in [-0.1, -0.05) is 0 Å². The van der Waals surface area contributed by atoms with Crippen molar-refractivity contribution in [3.63, 3.8) is 0 Å². The second-order valence-electron chi connectivity index (χ2n) is 5.33. The van der Waals surface area contributed by atoms with Gasteiger partial charge in [0, 0.05) is 25.1 Å². The number of piperidine rings is 1. The van der Waals surface area contributed by atoms with Crippen LogP contribution in [0.15, 0.2) is 18.2 Å². The molecule has 2 aliphatic rings. The highest BCUT2D eigenvalue weighted by Gasteiger charge is 2.28. The molecule has 1 aromatic carbocycles. The SMILES string of the molecule is O=C(O)C1CCN(C(=O)c2ccc3c(c2)CCO3)CC1. The summed E-state index contributed by atoms with van der Waals surface area (Å²) < 4.78 is 5.43. The standard InChI is InChI=1S/C15H17NO4/c17-14(16-6-3-10(4-7-16)15(18)19)12-1-2-13-11(9-12)5-8-20-13/h1-2,9-10H,3-8H2,(H,18,19). The zero-order valence-corrected chi connectivity index (χ0v) is 11.2. The van der Waals surface area contributed by atoms with Crippen molar-refractivity contribution >= 4 is 11.9 Å². The minimum absolute atomic E-state index is 0.0106. The van der Waals surface area contributed by atoms with E-state index in [0.717, 1.165) is 17.7 Å². The Balaban J connectivity index is 1.69. The van der Waals surface area contributed by atoms with Crippen LogP contribution < -0.4 is 4.74 Å². The molecule has 0 spiro atoms. The van der Waals surface area contributed by atoms with Gasteiger partial charge in [-0.2, -0.15) is 0 Å². The Morgan fingerprint density at radius 2 is 2.00 bits per heavy atom. The summed E-state index contributed by atoms with van der Waals surface area (Å²) >= 11 is 0. The van der Waals surface area contributed by atoms with Gasteiger partial charge in [0.2, 0.25) is 0 Å². The van der Waals surface area contributed by atoms with Crippen molar-refractivity contribution < 1.29 is 19.4 Å². The summed E-state index contributed by atoms with van der Waals surface area (Å²) in [5, 5.41) is 8.97. The summed E-state index contributed by atoms with van der Waals surface area (Å²) in [5.74, 6) is -0.214. The molecular formula is C15H17NO4. The van der Waals surface area contributed by atoms with Crippen molar-refractivity contribution in [3.8, 4) is 5.75 Å². The molecule has 0 aliphatic carbocycles. The maximum Gasteiger partial charge on any atom is 0.306 e. The van der Waals surface area contributed by atoms with Crippen molar-refractivity contribution in [1.82, 2.24) is 4.90 Å². The monoisotopic (exact) mass is 275 g/mol. The molecule has 0 bridgehead atoms. The summed E-state index contributed by atoms with van der Waals surface area (Å²) in [7, 11) is 0. The molecule has 0 atom stereocenters. The highest BCUT2D eigenvalue weighted by atomic mass is 16.5. The first-order valence-corrected chi connectivity index (χ1v) is 6.93. The van der Waals surface area contributed by atoms with Crippen LogP contribution in [-0.4, -0.2) is 41.6 Å². The zero-order valence-electron chi connectivity index (χ0n) is 11.2. The average Bonchev–Trinajstić information content (AvgIpc) is 2.94. The number of carboxylic acids is 1. The third-order valence-electron chi connectivity index (χ3n) is 4.07. The van der Waals surface area contributed by atoms with E-state index in [4.69, 9.17) is 9.84 Å².